The number of aromatic amines is 1. The molecule has 0 unspecified atom stereocenters. The van der Waals surface area contributed by atoms with Crippen LogP contribution in [0.3, 0.4) is 0 Å². The molecule has 82 valence electrons. The van der Waals surface area contributed by atoms with Crippen LogP contribution in [-0.4, -0.2) is 21.2 Å². The molecule has 0 aromatic carbocycles. The molecule has 0 radical (unpaired) electrons. The maximum Gasteiger partial charge on any atom is 0.255 e. The minimum absolute atomic E-state index is 0.0926. The summed E-state index contributed by atoms with van der Waals surface area (Å²) in [5.74, 6) is 0. The van der Waals surface area contributed by atoms with Crippen LogP contribution in [0.1, 0.15) is 11.3 Å². The molecule has 0 bridgehead atoms. The second kappa shape index (κ2) is 4.94. The molecule has 2 aromatic heterocycles. The zero-order valence-corrected chi connectivity index (χ0v) is 9.62. The van der Waals surface area contributed by atoms with Crippen molar-refractivity contribution in [2.75, 3.05) is 6.26 Å². The number of hydrogen-bond donors (Lipinski definition) is 1. The van der Waals surface area contributed by atoms with Crippen molar-refractivity contribution < 1.29 is 0 Å². The van der Waals surface area contributed by atoms with Gasteiger partial charge in [-0.2, -0.15) is 0 Å². The molecule has 0 aliphatic heterocycles. The monoisotopic (exact) mass is 233 g/mol. The van der Waals surface area contributed by atoms with Gasteiger partial charge in [-0.25, -0.2) is 4.98 Å². The maximum atomic E-state index is 11.7. The SMILES string of the molecule is CSc1ncc(Cc2ccccn2)c(=O)[nH]1. The standard InChI is InChI=1S/C11H11N3OS/c1-16-11-13-7-8(10(15)14-11)6-9-4-2-3-5-12-9/h2-5,7H,6H2,1H3,(H,13,14,15). The number of H-pyrrole nitrogens is 1. The van der Waals surface area contributed by atoms with E-state index in [1.54, 1.807) is 12.4 Å². The molecule has 0 amide bonds. The third-order valence-corrected chi connectivity index (χ3v) is 2.73. The van der Waals surface area contributed by atoms with Gasteiger partial charge in [-0.3, -0.25) is 9.78 Å². The molecule has 0 aliphatic carbocycles. The van der Waals surface area contributed by atoms with Gasteiger partial charge in [0.05, 0.1) is 0 Å². The smallest absolute Gasteiger partial charge is 0.255 e. The van der Waals surface area contributed by atoms with E-state index in [0.29, 0.717) is 17.1 Å². The summed E-state index contributed by atoms with van der Waals surface area (Å²) in [6.45, 7) is 0. The number of hydrogen-bond acceptors (Lipinski definition) is 4. The van der Waals surface area contributed by atoms with Crippen molar-refractivity contribution >= 4 is 11.8 Å². The van der Waals surface area contributed by atoms with Crippen molar-refractivity contribution in [2.45, 2.75) is 11.6 Å². The molecule has 16 heavy (non-hydrogen) atoms. The van der Waals surface area contributed by atoms with Gasteiger partial charge in [0, 0.05) is 30.1 Å². The predicted octanol–water partition coefficient (Wildman–Crippen LogP) is 1.48. The Kier molecular flexibility index (Phi) is 3.36. The predicted molar refractivity (Wildman–Crippen MR) is 63.7 cm³/mol. The van der Waals surface area contributed by atoms with Crippen molar-refractivity contribution in [3.8, 4) is 0 Å². The average Bonchev–Trinajstić information content (AvgIpc) is 2.33. The summed E-state index contributed by atoms with van der Waals surface area (Å²) in [6, 6.07) is 5.64. The van der Waals surface area contributed by atoms with Crippen molar-refractivity contribution in [3.05, 3.63) is 52.2 Å². The molecular formula is C11H11N3OS. The first kappa shape index (κ1) is 10.9. The lowest BCUT2D eigenvalue weighted by Gasteiger charge is -2.00. The van der Waals surface area contributed by atoms with E-state index < -0.39 is 0 Å². The maximum absolute atomic E-state index is 11.7. The third kappa shape index (κ3) is 2.49. The molecule has 0 atom stereocenters. The summed E-state index contributed by atoms with van der Waals surface area (Å²) in [4.78, 5) is 22.7. The molecule has 5 heteroatoms. The van der Waals surface area contributed by atoms with Gasteiger partial charge in [0.2, 0.25) is 0 Å². The normalized spacial score (nSPS) is 10.3. The summed E-state index contributed by atoms with van der Waals surface area (Å²) in [5, 5.41) is 0.634. The zero-order chi connectivity index (χ0) is 11.4. The molecule has 0 saturated heterocycles. The van der Waals surface area contributed by atoms with E-state index in [-0.39, 0.29) is 5.56 Å². The van der Waals surface area contributed by atoms with Gasteiger partial charge in [-0.15, -0.1) is 0 Å². The number of aromatic nitrogens is 3. The fourth-order valence-electron chi connectivity index (χ4n) is 1.33. The molecule has 0 fully saturated rings. The Labute approximate surface area is 97.2 Å². The number of thioether (sulfide) groups is 1. The minimum atomic E-state index is -0.0926. The van der Waals surface area contributed by atoms with Crippen LogP contribution >= 0.6 is 11.8 Å². The van der Waals surface area contributed by atoms with Crippen molar-refractivity contribution in [2.24, 2.45) is 0 Å². The van der Waals surface area contributed by atoms with Crippen molar-refractivity contribution in [1.29, 1.82) is 0 Å². The van der Waals surface area contributed by atoms with Gasteiger partial charge >= 0.3 is 0 Å². The lowest BCUT2D eigenvalue weighted by atomic mass is 10.2. The van der Waals surface area contributed by atoms with Crippen LogP contribution in [0.2, 0.25) is 0 Å². The van der Waals surface area contributed by atoms with E-state index in [2.05, 4.69) is 15.0 Å². The fourth-order valence-corrected chi connectivity index (χ4v) is 1.69. The van der Waals surface area contributed by atoms with E-state index >= 15 is 0 Å². The van der Waals surface area contributed by atoms with E-state index in [0.717, 1.165) is 5.69 Å². The molecule has 2 heterocycles. The molecule has 0 saturated carbocycles. The van der Waals surface area contributed by atoms with Gasteiger partial charge in [0.15, 0.2) is 5.16 Å². The van der Waals surface area contributed by atoms with Crippen LogP contribution in [0.4, 0.5) is 0 Å². The molecule has 0 aliphatic rings. The largest absolute Gasteiger partial charge is 0.301 e. The Morgan fingerprint density at radius 1 is 1.38 bits per heavy atom. The molecule has 0 spiro atoms. The van der Waals surface area contributed by atoms with Crippen LogP contribution in [0.15, 0.2) is 40.5 Å². The van der Waals surface area contributed by atoms with Gasteiger partial charge < -0.3 is 4.98 Å². The van der Waals surface area contributed by atoms with Crippen LogP contribution in [0, 0.1) is 0 Å². The highest BCUT2D eigenvalue weighted by Gasteiger charge is 2.03. The summed E-state index contributed by atoms with van der Waals surface area (Å²) in [7, 11) is 0. The lowest BCUT2D eigenvalue weighted by Crippen LogP contribution is -2.14. The van der Waals surface area contributed by atoms with Gasteiger partial charge in [-0.1, -0.05) is 17.8 Å². The Hall–Kier alpha value is -1.62. The quantitative estimate of drug-likeness (QED) is 0.644. The topological polar surface area (TPSA) is 58.6 Å². The molecular weight excluding hydrogens is 222 g/mol. The Morgan fingerprint density at radius 2 is 2.25 bits per heavy atom. The van der Waals surface area contributed by atoms with E-state index in [1.165, 1.54) is 11.8 Å². The van der Waals surface area contributed by atoms with Crippen molar-refractivity contribution in [1.82, 2.24) is 15.0 Å². The molecule has 4 nitrogen and oxygen atoms in total. The first-order valence-corrected chi connectivity index (χ1v) is 6.04. The summed E-state index contributed by atoms with van der Waals surface area (Å²) in [6.07, 6.45) is 5.71. The van der Waals surface area contributed by atoms with Crippen LogP contribution in [0.25, 0.3) is 0 Å². The van der Waals surface area contributed by atoms with Crippen molar-refractivity contribution in [3.63, 3.8) is 0 Å². The number of pyridine rings is 1. The third-order valence-electron chi connectivity index (χ3n) is 2.14. The minimum Gasteiger partial charge on any atom is -0.301 e. The second-order valence-corrected chi connectivity index (χ2v) is 4.04. The first-order chi connectivity index (χ1) is 7.79. The highest BCUT2D eigenvalue weighted by molar-refractivity contribution is 7.98. The second-order valence-electron chi connectivity index (χ2n) is 3.24. The number of rotatable bonds is 3. The Morgan fingerprint density at radius 3 is 2.88 bits per heavy atom. The highest BCUT2D eigenvalue weighted by atomic mass is 32.2. The zero-order valence-electron chi connectivity index (χ0n) is 8.80. The van der Waals surface area contributed by atoms with Gasteiger partial charge in [0.1, 0.15) is 0 Å². The van der Waals surface area contributed by atoms with Gasteiger partial charge in [-0.05, 0) is 18.4 Å². The van der Waals surface area contributed by atoms with Gasteiger partial charge in [0.25, 0.3) is 5.56 Å². The van der Waals surface area contributed by atoms with Crippen LogP contribution in [-0.2, 0) is 6.42 Å². The summed E-state index contributed by atoms with van der Waals surface area (Å²) in [5.41, 5.74) is 1.41. The first-order valence-electron chi connectivity index (χ1n) is 4.81. The fraction of sp³-hybridized carbons (Fsp3) is 0.182. The van der Waals surface area contributed by atoms with E-state index in [9.17, 15) is 4.79 Å². The molecule has 2 rings (SSSR count). The summed E-state index contributed by atoms with van der Waals surface area (Å²) < 4.78 is 0. The summed E-state index contributed by atoms with van der Waals surface area (Å²) >= 11 is 1.42. The average molecular weight is 233 g/mol. The highest BCUT2D eigenvalue weighted by Crippen LogP contribution is 2.06. The Bertz CT molecular complexity index is 524. The Balaban J connectivity index is 2.26. The van der Waals surface area contributed by atoms with Crippen LogP contribution < -0.4 is 5.56 Å². The number of nitrogens with one attached hydrogen (secondary N) is 1. The molecule has 1 N–H and O–H groups in total. The van der Waals surface area contributed by atoms with E-state index in [4.69, 9.17) is 0 Å². The van der Waals surface area contributed by atoms with E-state index in [1.807, 2.05) is 24.5 Å². The molecule has 2 aromatic rings. The lowest BCUT2D eigenvalue weighted by molar-refractivity contribution is 0.894. The number of nitrogens with zero attached hydrogens (tertiary/aromatic N) is 2. The van der Waals surface area contributed by atoms with Crippen LogP contribution in [0.5, 0.6) is 0 Å².